The summed E-state index contributed by atoms with van der Waals surface area (Å²) >= 11 is 0. The lowest BCUT2D eigenvalue weighted by Crippen LogP contribution is -2.47. The second-order valence-electron chi connectivity index (χ2n) is 5.95. The minimum atomic E-state index is -0.840. The maximum absolute atomic E-state index is 11.5. The van der Waals surface area contributed by atoms with Crippen molar-refractivity contribution >= 4 is 12.2 Å². The molecule has 2 N–H and O–H groups in total. The Labute approximate surface area is 125 Å². The molecular formula is C13H26N2O6. The number of amides is 2. The van der Waals surface area contributed by atoms with Crippen LogP contribution in [0.5, 0.6) is 0 Å². The predicted octanol–water partition coefficient (Wildman–Crippen LogP) is 1.59. The number of methoxy groups -OCH3 is 1. The van der Waals surface area contributed by atoms with E-state index >= 15 is 0 Å². The monoisotopic (exact) mass is 306 g/mol. The molecule has 0 aliphatic carbocycles. The van der Waals surface area contributed by atoms with Crippen LogP contribution in [0.1, 0.15) is 34.6 Å². The average molecular weight is 306 g/mol. The molecule has 0 spiro atoms. The van der Waals surface area contributed by atoms with E-state index in [1.807, 2.05) is 0 Å². The van der Waals surface area contributed by atoms with Gasteiger partial charge in [-0.3, -0.25) is 0 Å². The molecule has 21 heavy (non-hydrogen) atoms. The Balaban J connectivity index is 3.98. The van der Waals surface area contributed by atoms with E-state index < -0.39 is 23.4 Å². The fourth-order valence-corrected chi connectivity index (χ4v) is 1.17. The number of carbonyl (C=O) groups is 2. The van der Waals surface area contributed by atoms with Gasteiger partial charge < -0.3 is 18.9 Å². The minimum Gasteiger partial charge on any atom is -0.443 e. The van der Waals surface area contributed by atoms with E-state index in [2.05, 4.69) is 10.9 Å². The topological polar surface area (TPSA) is 95.1 Å². The fraction of sp³-hybridized carbons (Fsp3) is 0.846. The molecular weight excluding hydrogens is 280 g/mol. The lowest BCUT2D eigenvalue weighted by molar-refractivity contribution is -0.0436. The lowest BCUT2D eigenvalue weighted by Gasteiger charge is -2.25. The lowest BCUT2D eigenvalue weighted by atomic mass is 10.1. The average Bonchev–Trinajstić information content (AvgIpc) is 2.29. The molecule has 0 aromatic heterocycles. The molecule has 2 amide bonds. The molecule has 124 valence electrons. The van der Waals surface area contributed by atoms with Crippen molar-refractivity contribution in [2.45, 2.75) is 45.8 Å². The van der Waals surface area contributed by atoms with E-state index in [1.54, 1.807) is 41.7 Å². The molecule has 0 aromatic carbocycles. The van der Waals surface area contributed by atoms with Gasteiger partial charge in [0.05, 0.1) is 19.8 Å². The molecule has 0 aromatic rings. The summed E-state index contributed by atoms with van der Waals surface area (Å²) in [6, 6.07) is 0. The first-order valence-electron chi connectivity index (χ1n) is 6.60. The summed E-state index contributed by atoms with van der Waals surface area (Å²) < 4.78 is 20.2. The highest BCUT2D eigenvalue weighted by molar-refractivity contribution is 5.74. The molecule has 0 saturated carbocycles. The zero-order valence-corrected chi connectivity index (χ0v) is 13.6. The summed E-state index contributed by atoms with van der Waals surface area (Å²) in [6.07, 6.45) is -1.57. The van der Waals surface area contributed by atoms with E-state index in [-0.39, 0.29) is 6.61 Å². The Hall–Kier alpha value is -1.54. The van der Waals surface area contributed by atoms with E-state index in [0.717, 1.165) is 0 Å². The maximum atomic E-state index is 11.5. The first kappa shape index (κ1) is 19.5. The highest BCUT2D eigenvalue weighted by Gasteiger charge is 2.24. The number of hydrogen-bond acceptors (Lipinski definition) is 6. The Kier molecular flexibility index (Phi) is 8.05. The summed E-state index contributed by atoms with van der Waals surface area (Å²) in [7, 11) is 1.57. The summed E-state index contributed by atoms with van der Waals surface area (Å²) in [6.45, 7) is 9.58. The van der Waals surface area contributed by atoms with Gasteiger partial charge in [0.25, 0.3) is 0 Å². The zero-order chi connectivity index (χ0) is 16.5. The molecule has 0 unspecified atom stereocenters. The van der Waals surface area contributed by atoms with Crippen molar-refractivity contribution < 1.29 is 28.5 Å². The van der Waals surface area contributed by atoms with Crippen molar-refractivity contribution in [2.75, 3.05) is 26.9 Å². The van der Waals surface area contributed by atoms with Gasteiger partial charge in [0.2, 0.25) is 0 Å². The summed E-state index contributed by atoms with van der Waals surface area (Å²) in [5.41, 5.74) is 2.70. The molecule has 0 fully saturated rings. The van der Waals surface area contributed by atoms with Gasteiger partial charge >= 0.3 is 12.2 Å². The Morgan fingerprint density at radius 1 is 0.905 bits per heavy atom. The zero-order valence-electron chi connectivity index (χ0n) is 13.6. The first-order chi connectivity index (χ1) is 9.56. The van der Waals surface area contributed by atoms with Crippen LogP contribution in [0.15, 0.2) is 0 Å². The van der Waals surface area contributed by atoms with Crippen molar-refractivity contribution in [1.82, 2.24) is 10.9 Å². The molecule has 0 rings (SSSR count). The Morgan fingerprint density at radius 3 is 1.90 bits per heavy atom. The standard InChI is InChI=1S/C13H26N2O6/c1-12(2,3)20-10(16)14-15-11(17)21-13(4,5)9-19-8-7-18-6/h7-9H2,1-6H3,(H,14,16)(H,15,17). The normalized spacial score (nSPS) is 11.7. The van der Waals surface area contributed by atoms with Crippen LogP contribution in [-0.4, -0.2) is 50.3 Å². The van der Waals surface area contributed by atoms with Crippen molar-refractivity contribution in [1.29, 1.82) is 0 Å². The van der Waals surface area contributed by atoms with Gasteiger partial charge in [0.15, 0.2) is 0 Å². The highest BCUT2D eigenvalue weighted by Crippen LogP contribution is 2.10. The first-order valence-corrected chi connectivity index (χ1v) is 6.60. The summed E-state index contributed by atoms with van der Waals surface area (Å²) in [5.74, 6) is 0. The van der Waals surface area contributed by atoms with E-state index in [1.165, 1.54) is 0 Å². The van der Waals surface area contributed by atoms with Gasteiger partial charge in [-0.05, 0) is 34.6 Å². The third-order valence-electron chi connectivity index (χ3n) is 1.92. The second-order valence-corrected chi connectivity index (χ2v) is 5.95. The third kappa shape index (κ3) is 11.9. The fourth-order valence-electron chi connectivity index (χ4n) is 1.17. The van der Waals surface area contributed by atoms with E-state index in [4.69, 9.17) is 18.9 Å². The van der Waals surface area contributed by atoms with Crippen molar-refractivity contribution in [3.05, 3.63) is 0 Å². The molecule has 0 radical (unpaired) electrons. The van der Waals surface area contributed by atoms with Gasteiger partial charge in [0, 0.05) is 7.11 Å². The number of carbonyl (C=O) groups excluding carboxylic acids is 2. The Morgan fingerprint density at radius 2 is 1.43 bits per heavy atom. The second kappa shape index (κ2) is 8.68. The number of ether oxygens (including phenoxy) is 4. The van der Waals surface area contributed by atoms with E-state index in [0.29, 0.717) is 13.2 Å². The van der Waals surface area contributed by atoms with Crippen LogP contribution >= 0.6 is 0 Å². The highest BCUT2D eigenvalue weighted by atomic mass is 16.6. The van der Waals surface area contributed by atoms with Crippen molar-refractivity contribution in [2.24, 2.45) is 0 Å². The van der Waals surface area contributed by atoms with Crippen LogP contribution in [0.4, 0.5) is 9.59 Å². The maximum Gasteiger partial charge on any atom is 0.426 e. The molecule has 0 heterocycles. The number of nitrogens with one attached hydrogen (secondary N) is 2. The van der Waals surface area contributed by atoms with Gasteiger partial charge in [-0.2, -0.15) is 0 Å². The molecule has 0 bridgehead atoms. The van der Waals surface area contributed by atoms with Crippen molar-refractivity contribution in [3.8, 4) is 0 Å². The number of rotatable bonds is 6. The number of hydrazine groups is 1. The number of hydrogen-bond donors (Lipinski definition) is 2. The SMILES string of the molecule is COCCOCC(C)(C)OC(=O)NNC(=O)OC(C)(C)C. The predicted molar refractivity (Wildman–Crippen MR) is 75.8 cm³/mol. The summed E-state index contributed by atoms with van der Waals surface area (Å²) in [5, 5.41) is 0. The van der Waals surface area contributed by atoms with E-state index in [9.17, 15) is 9.59 Å². The Bertz CT molecular complexity index is 338. The molecule has 8 heteroatoms. The smallest absolute Gasteiger partial charge is 0.426 e. The van der Waals surface area contributed by atoms with Crippen LogP contribution in [0.2, 0.25) is 0 Å². The van der Waals surface area contributed by atoms with Gasteiger partial charge in [0.1, 0.15) is 11.2 Å². The van der Waals surface area contributed by atoms with Crippen molar-refractivity contribution in [3.63, 3.8) is 0 Å². The molecule has 0 saturated heterocycles. The molecule has 0 atom stereocenters. The van der Waals surface area contributed by atoms with Crippen LogP contribution < -0.4 is 10.9 Å². The molecule has 0 aliphatic heterocycles. The van der Waals surface area contributed by atoms with Crippen LogP contribution in [0, 0.1) is 0 Å². The quantitative estimate of drug-likeness (QED) is 0.571. The molecule has 8 nitrogen and oxygen atoms in total. The van der Waals surface area contributed by atoms with Gasteiger partial charge in [-0.1, -0.05) is 0 Å². The van der Waals surface area contributed by atoms with Crippen LogP contribution in [-0.2, 0) is 18.9 Å². The molecule has 0 aliphatic rings. The largest absolute Gasteiger partial charge is 0.443 e. The minimum absolute atomic E-state index is 0.205. The van der Waals surface area contributed by atoms with Crippen LogP contribution in [0.25, 0.3) is 0 Å². The van der Waals surface area contributed by atoms with Gasteiger partial charge in [-0.15, -0.1) is 0 Å². The third-order valence-corrected chi connectivity index (χ3v) is 1.92. The summed E-state index contributed by atoms with van der Waals surface area (Å²) in [4.78, 5) is 22.9. The van der Waals surface area contributed by atoms with Gasteiger partial charge in [-0.25, -0.2) is 20.4 Å². The van der Waals surface area contributed by atoms with Crippen LogP contribution in [0.3, 0.4) is 0 Å².